The minimum atomic E-state index is -0.972. The second-order valence-corrected chi connectivity index (χ2v) is 4.36. The van der Waals surface area contributed by atoms with E-state index in [0.29, 0.717) is 12.2 Å². The number of carboxylic acids is 1. The van der Waals surface area contributed by atoms with Crippen LogP contribution in [0.1, 0.15) is 15.9 Å². The Labute approximate surface area is 114 Å². The number of hydrogen-bond donors (Lipinski definition) is 2. The Kier molecular flexibility index (Phi) is 4.02. The number of carbonyl (C=O) groups is 1. The molecule has 2 aromatic rings. The van der Waals surface area contributed by atoms with Crippen molar-refractivity contribution in [2.75, 3.05) is 5.32 Å². The summed E-state index contributed by atoms with van der Waals surface area (Å²) in [6, 6.07) is 11.1. The second kappa shape index (κ2) is 5.71. The van der Waals surface area contributed by atoms with Crippen LogP contribution >= 0.6 is 11.6 Å². The maximum Gasteiger partial charge on any atom is 0.335 e. The van der Waals surface area contributed by atoms with Crippen molar-refractivity contribution in [1.82, 2.24) is 0 Å². The monoisotopic (exact) mass is 279 g/mol. The van der Waals surface area contributed by atoms with Crippen molar-refractivity contribution in [2.24, 2.45) is 0 Å². The Balaban J connectivity index is 2.06. The smallest absolute Gasteiger partial charge is 0.335 e. The highest BCUT2D eigenvalue weighted by Crippen LogP contribution is 2.22. The third-order valence-electron chi connectivity index (χ3n) is 2.64. The summed E-state index contributed by atoms with van der Waals surface area (Å²) in [5.74, 6) is -1.47. The summed E-state index contributed by atoms with van der Waals surface area (Å²) in [6.07, 6.45) is 0. The molecule has 0 unspecified atom stereocenters. The van der Waals surface area contributed by atoms with Crippen molar-refractivity contribution in [2.45, 2.75) is 6.54 Å². The quantitative estimate of drug-likeness (QED) is 0.895. The normalized spacial score (nSPS) is 10.2. The number of benzene rings is 2. The van der Waals surface area contributed by atoms with Crippen LogP contribution in [0.5, 0.6) is 0 Å². The summed E-state index contributed by atoms with van der Waals surface area (Å²) in [7, 11) is 0. The van der Waals surface area contributed by atoms with E-state index in [1.165, 1.54) is 18.2 Å². The predicted molar refractivity (Wildman–Crippen MR) is 72.1 cm³/mol. The molecule has 0 aliphatic carbocycles. The summed E-state index contributed by atoms with van der Waals surface area (Å²) in [5.41, 5.74) is 1.39. The number of carboxylic acid groups (broad SMARTS) is 1. The van der Waals surface area contributed by atoms with Gasteiger partial charge in [0.2, 0.25) is 0 Å². The third kappa shape index (κ3) is 3.23. The van der Waals surface area contributed by atoms with Gasteiger partial charge in [-0.15, -0.1) is 0 Å². The SMILES string of the molecule is O=C(O)c1ccc(CNc2cccc(Cl)c2F)cc1. The lowest BCUT2D eigenvalue weighted by Crippen LogP contribution is -2.02. The lowest BCUT2D eigenvalue weighted by atomic mass is 10.1. The van der Waals surface area contributed by atoms with Crippen molar-refractivity contribution >= 4 is 23.3 Å². The average molecular weight is 280 g/mol. The van der Waals surface area contributed by atoms with Crippen LogP contribution in [0, 0.1) is 5.82 Å². The van der Waals surface area contributed by atoms with Crippen molar-refractivity contribution in [3.8, 4) is 0 Å². The molecule has 0 spiro atoms. The van der Waals surface area contributed by atoms with Gasteiger partial charge in [-0.2, -0.15) is 0 Å². The minimum absolute atomic E-state index is 0.0613. The standard InChI is InChI=1S/C14H11ClFNO2/c15-11-2-1-3-12(13(11)16)17-8-9-4-6-10(7-5-9)14(18)19/h1-7,17H,8H2,(H,18,19). The van der Waals surface area contributed by atoms with Gasteiger partial charge in [0.05, 0.1) is 16.3 Å². The maximum atomic E-state index is 13.6. The largest absolute Gasteiger partial charge is 0.478 e. The van der Waals surface area contributed by atoms with Gasteiger partial charge in [0, 0.05) is 6.54 Å². The van der Waals surface area contributed by atoms with E-state index in [4.69, 9.17) is 16.7 Å². The molecule has 98 valence electrons. The van der Waals surface area contributed by atoms with E-state index < -0.39 is 11.8 Å². The highest BCUT2D eigenvalue weighted by molar-refractivity contribution is 6.31. The fourth-order valence-electron chi connectivity index (χ4n) is 1.60. The van der Waals surface area contributed by atoms with E-state index in [1.807, 2.05) is 0 Å². The van der Waals surface area contributed by atoms with Gasteiger partial charge in [-0.05, 0) is 29.8 Å². The molecule has 3 nitrogen and oxygen atoms in total. The van der Waals surface area contributed by atoms with Gasteiger partial charge in [-0.1, -0.05) is 29.8 Å². The lowest BCUT2D eigenvalue weighted by Gasteiger charge is -2.08. The molecule has 0 aliphatic rings. The number of hydrogen-bond acceptors (Lipinski definition) is 2. The zero-order chi connectivity index (χ0) is 13.8. The van der Waals surface area contributed by atoms with E-state index in [9.17, 15) is 9.18 Å². The van der Waals surface area contributed by atoms with Crippen LogP contribution in [0.4, 0.5) is 10.1 Å². The Hall–Kier alpha value is -2.07. The second-order valence-electron chi connectivity index (χ2n) is 3.96. The number of anilines is 1. The van der Waals surface area contributed by atoms with E-state index in [2.05, 4.69) is 5.32 Å². The predicted octanol–water partition coefficient (Wildman–Crippen LogP) is 3.79. The third-order valence-corrected chi connectivity index (χ3v) is 2.93. The van der Waals surface area contributed by atoms with Crippen LogP contribution in [-0.4, -0.2) is 11.1 Å². The van der Waals surface area contributed by atoms with Gasteiger partial charge in [-0.25, -0.2) is 9.18 Å². The number of halogens is 2. The topological polar surface area (TPSA) is 49.3 Å². The summed E-state index contributed by atoms with van der Waals surface area (Å²) < 4.78 is 13.6. The van der Waals surface area contributed by atoms with Crippen LogP contribution < -0.4 is 5.32 Å². The highest BCUT2D eigenvalue weighted by Gasteiger charge is 2.06. The van der Waals surface area contributed by atoms with Crippen LogP contribution in [0.25, 0.3) is 0 Å². The molecule has 19 heavy (non-hydrogen) atoms. The lowest BCUT2D eigenvalue weighted by molar-refractivity contribution is 0.0697. The Morgan fingerprint density at radius 2 is 1.89 bits per heavy atom. The Morgan fingerprint density at radius 3 is 2.53 bits per heavy atom. The first-order valence-corrected chi connectivity index (χ1v) is 5.96. The van der Waals surface area contributed by atoms with E-state index in [-0.39, 0.29) is 10.6 Å². The molecule has 0 saturated carbocycles. The fourth-order valence-corrected chi connectivity index (χ4v) is 1.78. The molecular weight excluding hydrogens is 269 g/mol. The van der Waals surface area contributed by atoms with Gasteiger partial charge in [0.15, 0.2) is 5.82 Å². The Morgan fingerprint density at radius 1 is 1.21 bits per heavy atom. The van der Waals surface area contributed by atoms with Gasteiger partial charge >= 0.3 is 5.97 Å². The maximum absolute atomic E-state index is 13.6. The minimum Gasteiger partial charge on any atom is -0.478 e. The molecule has 2 N–H and O–H groups in total. The number of nitrogens with one attached hydrogen (secondary N) is 1. The van der Waals surface area contributed by atoms with Crippen LogP contribution in [0.3, 0.4) is 0 Å². The zero-order valence-electron chi connectivity index (χ0n) is 9.86. The molecule has 0 radical (unpaired) electrons. The van der Waals surface area contributed by atoms with Crippen molar-refractivity contribution < 1.29 is 14.3 Å². The molecule has 0 saturated heterocycles. The van der Waals surface area contributed by atoms with Gasteiger partial charge < -0.3 is 10.4 Å². The van der Waals surface area contributed by atoms with E-state index >= 15 is 0 Å². The molecule has 0 atom stereocenters. The number of aromatic carboxylic acids is 1. The summed E-state index contributed by atoms with van der Waals surface area (Å²) in [6.45, 7) is 0.386. The number of rotatable bonds is 4. The van der Waals surface area contributed by atoms with Crippen LogP contribution in [-0.2, 0) is 6.54 Å². The van der Waals surface area contributed by atoms with Gasteiger partial charge in [-0.3, -0.25) is 0 Å². The summed E-state index contributed by atoms with van der Waals surface area (Å²) in [4.78, 5) is 10.7. The molecule has 0 bridgehead atoms. The first-order chi connectivity index (χ1) is 9.08. The molecule has 5 heteroatoms. The van der Waals surface area contributed by atoms with Crippen LogP contribution in [0.15, 0.2) is 42.5 Å². The first kappa shape index (κ1) is 13.4. The van der Waals surface area contributed by atoms with Crippen molar-refractivity contribution in [3.63, 3.8) is 0 Å². The molecule has 0 amide bonds. The van der Waals surface area contributed by atoms with Gasteiger partial charge in [0.25, 0.3) is 0 Å². The van der Waals surface area contributed by atoms with Crippen LogP contribution in [0.2, 0.25) is 5.02 Å². The molecule has 2 aromatic carbocycles. The Bertz CT molecular complexity index is 599. The molecule has 0 aromatic heterocycles. The van der Waals surface area contributed by atoms with Crippen molar-refractivity contribution in [3.05, 3.63) is 64.4 Å². The fraction of sp³-hybridized carbons (Fsp3) is 0.0714. The van der Waals surface area contributed by atoms with E-state index in [1.54, 1.807) is 24.3 Å². The zero-order valence-corrected chi connectivity index (χ0v) is 10.6. The van der Waals surface area contributed by atoms with Crippen molar-refractivity contribution in [1.29, 1.82) is 0 Å². The molecule has 2 rings (SSSR count). The molecule has 0 heterocycles. The summed E-state index contributed by atoms with van der Waals surface area (Å²) >= 11 is 5.67. The first-order valence-electron chi connectivity index (χ1n) is 5.58. The van der Waals surface area contributed by atoms with Gasteiger partial charge in [0.1, 0.15) is 0 Å². The molecular formula is C14H11ClFNO2. The summed E-state index contributed by atoms with van der Waals surface area (Å²) in [5, 5.41) is 11.7. The highest BCUT2D eigenvalue weighted by atomic mass is 35.5. The van der Waals surface area contributed by atoms with E-state index in [0.717, 1.165) is 5.56 Å². The molecule has 0 aliphatic heterocycles. The molecule has 0 fully saturated rings. The average Bonchev–Trinajstić information content (AvgIpc) is 2.41.